The van der Waals surface area contributed by atoms with Gasteiger partial charge in [-0.15, -0.1) is 5.06 Å². The van der Waals surface area contributed by atoms with Gasteiger partial charge < -0.3 is 4.84 Å². The predicted molar refractivity (Wildman–Crippen MR) is 45.1 cm³/mol. The molecule has 0 radical (unpaired) electrons. The van der Waals surface area contributed by atoms with Gasteiger partial charge in [0.05, 0.1) is 0 Å². The van der Waals surface area contributed by atoms with Crippen LogP contribution in [0.1, 0.15) is 26.2 Å². The Morgan fingerprint density at radius 2 is 2.33 bits per heavy atom. The molecular formula is C7H9NO3S. The standard InChI is InChI=1S/C7H9NO3S/c1-2-7(10)11-8-5(9)3-4-6(8)12/h2-4H2,1H3. The van der Waals surface area contributed by atoms with Crippen molar-refractivity contribution in [3.8, 4) is 0 Å². The van der Waals surface area contributed by atoms with E-state index in [1.165, 1.54) is 0 Å². The van der Waals surface area contributed by atoms with Crippen molar-refractivity contribution < 1.29 is 14.4 Å². The highest BCUT2D eigenvalue weighted by atomic mass is 32.1. The lowest BCUT2D eigenvalue weighted by atomic mass is 10.4. The van der Waals surface area contributed by atoms with Crippen molar-refractivity contribution in [1.29, 1.82) is 0 Å². The number of rotatable bonds is 2. The molecule has 0 aromatic carbocycles. The Kier molecular flexibility index (Phi) is 2.75. The number of hydrogen-bond donors (Lipinski definition) is 0. The molecule has 12 heavy (non-hydrogen) atoms. The molecule has 5 heteroatoms. The number of hydroxylamine groups is 2. The van der Waals surface area contributed by atoms with Crippen molar-refractivity contribution in [3.63, 3.8) is 0 Å². The third-order valence-electron chi connectivity index (χ3n) is 1.49. The van der Waals surface area contributed by atoms with E-state index in [9.17, 15) is 9.59 Å². The maximum Gasteiger partial charge on any atom is 0.332 e. The lowest BCUT2D eigenvalue weighted by Crippen LogP contribution is -2.30. The average Bonchev–Trinajstić information content (AvgIpc) is 2.35. The van der Waals surface area contributed by atoms with E-state index in [1.54, 1.807) is 6.92 Å². The zero-order valence-corrected chi connectivity index (χ0v) is 7.52. The summed E-state index contributed by atoms with van der Waals surface area (Å²) >= 11 is 4.81. The molecular weight excluding hydrogens is 178 g/mol. The summed E-state index contributed by atoms with van der Waals surface area (Å²) in [5, 5.41) is 0.918. The van der Waals surface area contributed by atoms with Gasteiger partial charge in [0, 0.05) is 19.3 Å². The number of carbonyl (C=O) groups excluding carboxylic acids is 2. The molecule has 1 aliphatic rings. The van der Waals surface area contributed by atoms with Crippen molar-refractivity contribution in [2.75, 3.05) is 0 Å². The van der Waals surface area contributed by atoms with Gasteiger partial charge in [0.15, 0.2) is 0 Å². The summed E-state index contributed by atoms with van der Waals surface area (Å²) in [5.74, 6) is -0.672. The van der Waals surface area contributed by atoms with Crippen molar-refractivity contribution in [1.82, 2.24) is 5.06 Å². The molecule has 0 spiro atoms. The van der Waals surface area contributed by atoms with Crippen LogP contribution in [0.2, 0.25) is 0 Å². The topological polar surface area (TPSA) is 46.6 Å². The summed E-state index contributed by atoms with van der Waals surface area (Å²) in [6, 6.07) is 0. The maximum absolute atomic E-state index is 11.0. The Labute approximate surface area is 75.4 Å². The van der Waals surface area contributed by atoms with Gasteiger partial charge in [-0.2, -0.15) is 0 Å². The number of hydrogen-bond acceptors (Lipinski definition) is 4. The van der Waals surface area contributed by atoms with Crippen LogP contribution in [0, 0.1) is 0 Å². The lowest BCUT2D eigenvalue weighted by Gasteiger charge is -2.13. The van der Waals surface area contributed by atoms with Crippen LogP contribution in [0.3, 0.4) is 0 Å². The van der Waals surface area contributed by atoms with E-state index in [-0.39, 0.29) is 12.3 Å². The number of nitrogens with zero attached hydrogens (tertiary/aromatic N) is 1. The number of amides is 1. The summed E-state index contributed by atoms with van der Waals surface area (Å²) in [5.41, 5.74) is 0. The molecule has 0 bridgehead atoms. The summed E-state index contributed by atoms with van der Waals surface area (Å²) in [6.07, 6.45) is 1.09. The fraction of sp³-hybridized carbons (Fsp3) is 0.571. The van der Waals surface area contributed by atoms with Crippen molar-refractivity contribution in [2.45, 2.75) is 26.2 Å². The Morgan fingerprint density at radius 1 is 1.67 bits per heavy atom. The van der Waals surface area contributed by atoms with Gasteiger partial charge >= 0.3 is 5.97 Å². The molecule has 0 aromatic rings. The fourth-order valence-electron chi connectivity index (χ4n) is 0.824. The van der Waals surface area contributed by atoms with Crippen LogP contribution >= 0.6 is 12.2 Å². The second-order valence-corrected chi connectivity index (χ2v) is 2.87. The van der Waals surface area contributed by atoms with E-state index in [0.29, 0.717) is 17.8 Å². The fourth-order valence-corrected chi connectivity index (χ4v) is 1.07. The van der Waals surface area contributed by atoms with Crippen molar-refractivity contribution in [2.24, 2.45) is 0 Å². The molecule has 1 saturated heterocycles. The van der Waals surface area contributed by atoms with E-state index in [1.807, 2.05) is 0 Å². The Bertz CT molecular complexity index is 223. The minimum atomic E-state index is -0.437. The minimum Gasteiger partial charge on any atom is -0.333 e. The molecule has 1 rings (SSSR count). The minimum absolute atomic E-state index is 0.234. The summed E-state index contributed by atoms with van der Waals surface area (Å²) in [6.45, 7) is 1.66. The molecule has 1 aliphatic heterocycles. The molecule has 1 fully saturated rings. The van der Waals surface area contributed by atoms with Crippen LogP contribution in [0.5, 0.6) is 0 Å². The van der Waals surface area contributed by atoms with E-state index in [0.717, 1.165) is 5.06 Å². The highest BCUT2D eigenvalue weighted by molar-refractivity contribution is 7.80. The first-order chi connectivity index (χ1) is 5.65. The Hall–Kier alpha value is -0.970. The van der Waals surface area contributed by atoms with Crippen LogP contribution in [0.25, 0.3) is 0 Å². The third kappa shape index (κ3) is 1.79. The zero-order valence-electron chi connectivity index (χ0n) is 6.70. The van der Waals surface area contributed by atoms with E-state index < -0.39 is 5.97 Å². The maximum atomic E-state index is 11.0. The smallest absolute Gasteiger partial charge is 0.332 e. The van der Waals surface area contributed by atoms with Crippen LogP contribution < -0.4 is 0 Å². The van der Waals surface area contributed by atoms with Gasteiger partial charge in [-0.1, -0.05) is 19.1 Å². The Balaban J connectivity index is 2.56. The van der Waals surface area contributed by atoms with Crippen LogP contribution in [-0.2, 0) is 14.4 Å². The molecule has 1 amide bonds. The van der Waals surface area contributed by atoms with Gasteiger partial charge in [0.25, 0.3) is 5.91 Å². The molecule has 66 valence electrons. The largest absolute Gasteiger partial charge is 0.333 e. The highest BCUT2D eigenvalue weighted by Crippen LogP contribution is 2.14. The third-order valence-corrected chi connectivity index (χ3v) is 1.86. The highest BCUT2D eigenvalue weighted by Gasteiger charge is 2.28. The van der Waals surface area contributed by atoms with Crippen LogP contribution in [0.4, 0.5) is 0 Å². The molecule has 0 aliphatic carbocycles. The average molecular weight is 187 g/mol. The normalized spacial score (nSPS) is 16.9. The first-order valence-corrected chi connectivity index (χ1v) is 4.12. The van der Waals surface area contributed by atoms with Crippen LogP contribution in [-0.4, -0.2) is 21.9 Å². The number of carbonyl (C=O) groups is 2. The van der Waals surface area contributed by atoms with Gasteiger partial charge in [-0.05, 0) is 0 Å². The zero-order chi connectivity index (χ0) is 9.14. The summed E-state index contributed by atoms with van der Waals surface area (Å²) < 4.78 is 0. The summed E-state index contributed by atoms with van der Waals surface area (Å²) in [4.78, 5) is 26.9. The second kappa shape index (κ2) is 3.62. The molecule has 0 atom stereocenters. The monoisotopic (exact) mass is 187 g/mol. The predicted octanol–water partition coefficient (Wildman–Crippen LogP) is 0.804. The van der Waals surface area contributed by atoms with Gasteiger partial charge in [-0.25, -0.2) is 4.79 Å². The van der Waals surface area contributed by atoms with E-state index in [2.05, 4.69) is 4.84 Å². The van der Waals surface area contributed by atoms with Gasteiger partial charge in [-0.3, -0.25) is 4.79 Å². The van der Waals surface area contributed by atoms with Gasteiger partial charge in [0.2, 0.25) is 0 Å². The van der Waals surface area contributed by atoms with E-state index >= 15 is 0 Å². The quantitative estimate of drug-likeness (QED) is 0.600. The van der Waals surface area contributed by atoms with Gasteiger partial charge in [0.1, 0.15) is 4.99 Å². The molecule has 4 nitrogen and oxygen atoms in total. The first-order valence-electron chi connectivity index (χ1n) is 3.71. The number of thiocarbonyl (C=S) groups is 1. The molecule has 0 unspecified atom stereocenters. The Morgan fingerprint density at radius 3 is 2.75 bits per heavy atom. The van der Waals surface area contributed by atoms with Crippen molar-refractivity contribution in [3.05, 3.63) is 0 Å². The molecule has 0 aromatic heterocycles. The second-order valence-electron chi connectivity index (χ2n) is 2.40. The molecule has 1 heterocycles. The SMILES string of the molecule is CCC(=O)ON1C(=O)CCC1=S. The van der Waals surface area contributed by atoms with E-state index in [4.69, 9.17) is 12.2 Å². The lowest BCUT2D eigenvalue weighted by molar-refractivity contribution is -0.179. The summed E-state index contributed by atoms with van der Waals surface area (Å²) in [7, 11) is 0. The first kappa shape index (κ1) is 9.12. The van der Waals surface area contributed by atoms with Crippen LogP contribution in [0.15, 0.2) is 0 Å². The van der Waals surface area contributed by atoms with Crippen molar-refractivity contribution >= 4 is 29.1 Å². The molecule has 0 N–H and O–H groups in total. The molecule has 0 saturated carbocycles.